The smallest absolute Gasteiger partial charge is 0.227 e. The highest BCUT2D eigenvalue weighted by atomic mass is 16.5. The Morgan fingerprint density at radius 3 is 2.14 bits per heavy atom. The van der Waals surface area contributed by atoms with E-state index in [1.165, 1.54) is 0 Å². The van der Waals surface area contributed by atoms with E-state index in [1.54, 1.807) is 7.11 Å². The Hall–Kier alpha value is -2.29. The number of amides is 1. The van der Waals surface area contributed by atoms with Crippen LogP contribution in [-0.4, -0.2) is 13.0 Å². The van der Waals surface area contributed by atoms with Crippen LogP contribution in [0.15, 0.2) is 54.6 Å². The Morgan fingerprint density at radius 2 is 1.57 bits per heavy atom. The van der Waals surface area contributed by atoms with Crippen molar-refractivity contribution < 1.29 is 9.53 Å². The maximum Gasteiger partial charge on any atom is 0.227 e. The van der Waals surface area contributed by atoms with Crippen LogP contribution < -0.4 is 10.1 Å². The summed E-state index contributed by atoms with van der Waals surface area (Å²) in [6.07, 6.45) is 0. The van der Waals surface area contributed by atoms with E-state index < -0.39 is 0 Å². The molecule has 0 spiro atoms. The van der Waals surface area contributed by atoms with Gasteiger partial charge in [0.1, 0.15) is 5.75 Å². The number of hydrogen-bond donors (Lipinski definition) is 1. The van der Waals surface area contributed by atoms with Crippen LogP contribution in [0.4, 0.5) is 0 Å². The van der Waals surface area contributed by atoms with E-state index in [4.69, 9.17) is 4.74 Å². The minimum Gasteiger partial charge on any atom is -0.497 e. The van der Waals surface area contributed by atoms with Crippen molar-refractivity contribution >= 4 is 5.91 Å². The lowest BCUT2D eigenvalue weighted by molar-refractivity contribution is -0.122. The number of nitrogens with one attached hydrogen (secondary N) is 1. The SMILES string of the molecule is COc1ccc(C(C)NC(=O)C(C)c2ccccc2)cc1. The Morgan fingerprint density at radius 1 is 0.952 bits per heavy atom. The van der Waals surface area contributed by atoms with Crippen molar-refractivity contribution in [3.8, 4) is 5.75 Å². The predicted octanol–water partition coefficient (Wildman–Crippen LogP) is 3.68. The van der Waals surface area contributed by atoms with Crippen molar-refractivity contribution in [3.63, 3.8) is 0 Å². The third kappa shape index (κ3) is 3.85. The maximum atomic E-state index is 12.3. The molecule has 0 saturated heterocycles. The molecule has 0 heterocycles. The molecule has 0 saturated carbocycles. The number of hydrogen-bond acceptors (Lipinski definition) is 2. The summed E-state index contributed by atoms with van der Waals surface area (Å²) in [5.74, 6) is 0.686. The van der Waals surface area contributed by atoms with Crippen LogP contribution >= 0.6 is 0 Å². The molecule has 110 valence electrons. The molecule has 1 N–H and O–H groups in total. The molecule has 2 aromatic carbocycles. The lowest BCUT2D eigenvalue weighted by Gasteiger charge is -2.18. The first kappa shape index (κ1) is 15.1. The molecule has 3 heteroatoms. The second-order valence-corrected chi connectivity index (χ2v) is 5.14. The third-order valence-electron chi connectivity index (χ3n) is 3.67. The molecule has 0 aliphatic heterocycles. The Kier molecular flexibility index (Phi) is 4.99. The van der Waals surface area contributed by atoms with Gasteiger partial charge in [-0.3, -0.25) is 4.79 Å². The fourth-order valence-corrected chi connectivity index (χ4v) is 2.21. The average Bonchev–Trinajstić information content (AvgIpc) is 2.55. The summed E-state index contributed by atoms with van der Waals surface area (Å²) >= 11 is 0. The van der Waals surface area contributed by atoms with Gasteiger partial charge in [-0.05, 0) is 37.1 Å². The molecule has 2 atom stereocenters. The average molecular weight is 283 g/mol. The van der Waals surface area contributed by atoms with Crippen LogP contribution in [0, 0.1) is 0 Å². The quantitative estimate of drug-likeness (QED) is 0.909. The van der Waals surface area contributed by atoms with E-state index in [1.807, 2.05) is 68.4 Å². The molecule has 0 aliphatic rings. The first-order chi connectivity index (χ1) is 10.1. The second kappa shape index (κ2) is 6.93. The standard InChI is InChI=1S/C18H21NO2/c1-13(15-7-5-4-6-8-15)18(20)19-14(2)16-9-11-17(21-3)12-10-16/h4-14H,1-3H3,(H,19,20). The molecular weight excluding hydrogens is 262 g/mol. The molecular formula is C18H21NO2. The summed E-state index contributed by atoms with van der Waals surface area (Å²) in [6, 6.07) is 17.5. The van der Waals surface area contributed by atoms with Crippen LogP contribution in [0.1, 0.15) is 36.9 Å². The zero-order valence-electron chi connectivity index (χ0n) is 12.7. The van der Waals surface area contributed by atoms with Crippen molar-refractivity contribution in [2.45, 2.75) is 25.8 Å². The number of carbonyl (C=O) groups is 1. The van der Waals surface area contributed by atoms with Gasteiger partial charge in [-0.1, -0.05) is 42.5 Å². The van der Waals surface area contributed by atoms with Gasteiger partial charge in [0.25, 0.3) is 0 Å². The maximum absolute atomic E-state index is 12.3. The van der Waals surface area contributed by atoms with E-state index in [2.05, 4.69) is 5.32 Å². The topological polar surface area (TPSA) is 38.3 Å². The number of benzene rings is 2. The van der Waals surface area contributed by atoms with Crippen molar-refractivity contribution in [1.82, 2.24) is 5.32 Å². The number of carbonyl (C=O) groups excluding carboxylic acids is 1. The molecule has 2 rings (SSSR count). The van der Waals surface area contributed by atoms with Gasteiger partial charge in [-0.15, -0.1) is 0 Å². The molecule has 0 aliphatic carbocycles. The Bertz CT molecular complexity index is 578. The number of rotatable bonds is 5. The number of methoxy groups -OCH3 is 1. The van der Waals surface area contributed by atoms with Crippen LogP contribution in [0.3, 0.4) is 0 Å². The first-order valence-corrected chi connectivity index (χ1v) is 7.11. The third-order valence-corrected chi connectivity index (χ3v) is 3.67. The molecule has 0 bridgehead atoms. The fraction of sp³-hybridized carbons (Fsp3) is 0.278. The summed E-state index contributed by atoms with van der Waals surface area (Å²) < 4.78 is 5.14. The lowest BCUT2D eigenvalue weighted by atomic mass is 9.99. The normalized spacial score (nSPS) is 13.3. The van der Waals surface area contributed by atoms with Crippen molar-refractivity contribution in [1.29, 1.82) is 0 Å². The molecule has 2 unspecified atom stereocenters. The lowest BCUT2D eigenvalue weighted by Crippen LogP contribution is -2.30. The summed E-state index contributed by atoms with van der Waals surface area (Å²) in [7, 11) is 1.64. The molecule has 0 aromatic heterocycles. The molecule has 1 amide bonds. The highest BCUT2D eigenvalue weighted by Crippen LogP contribution is 2.20. The van der Waals surface area contributed by atoms with Gasteiger partial charge < -0.3 is 10.1 Å². The van der Waals surface area contributed by atoms with Crippen LogP contribution in [0.2, 0.25) is 0 Å². The predicted molar refractivity (Wildman–Crippen MR) is 84.4 cm³/mol. The second-order valence-electron chi connectivity index (χ2n) is 5.14. The minimum atomic E-state index is -0.160. The zero-order valence-corrected chi connectivity index (χ0v) is 12.7. The van der Waals surface area contributed by atoms with E-state index >= 15 is 0 Å². The minimum absolute atomic E-state index is 0.0320. The van der Waals surface area contributed by atoms with E-state index in [-0.39, 0.29) is 17.9 Å². The monoisotopic (exact) mass is 283 g/mol. The molecule has 0 fully saturated rings. The zero-order chi connectivity index (χ0) is 15.2. The Labute approximate surface area is 126 Å². The van der Waals surface area contributed by atoms with Crippen LogP contribution in [0.25, 0.3) is 0 Å². The van der Waals surface area contributed by atoms with Gasteiger partial charge in [-0.25, -0.2) is 0 Å². The summed E-state index contributed by atoms with van der Waals surface area (Å²) in [5.41, 5.74) is 2.08. The molecule has 2 aromatic rings. The van der Waals surface area contributed by atoms with Gasteiger partial charge in [0.05, 0.1) is 19.1 Å². The first-order valence-electron chi connectivity index (χ1n) is 7.11. The van der Waals surface area contributed by atoms with E-state index in [0.29, 0.717) is 0 Å². The highest BCUT2D eigenvalue weighted by molar-refractivity contribution is 5.83. The van der Waals surface area contributed by atoms with Gasteiger partial charge in [0.15, 0.2) is 0 Å². The molecule has 0 radical (unpaired) electrons. The van der Waals surface area contributed by atoms with Crippen LogP contribution in [-0.2, 0) is 4.79 Å². The Balaban J connectivity index is 2.01. The summed E-state index contributed by atoms with van der Waals surface area (Å²) in [5, 5.41) is 3.05. The van der Waals surface area contributed by atoms with Crippen molar-refractivity contribution in [3.05, 3.63) is 65.7 Å². The van der Waals surface area contributed by atoms with E-state index in [9.17, 15) is 4.79 Å². The van der Waals surface area contributed by atoms with Gasteiger partial charge in [0.2, 0.25) is 5.91 Å². The van der Waals surface area contributed by atoms with Gasteiger partial charge >= 0.3 is 0 Å². The van der Waals surface area contributed by atoms with Crippen molar-refractivity contribution in [2.75, 3.05) is 7.11 Å². The van der Waals surface area contributed by atoms with E-state index in [0.717, 1.165) is 16.9 Å². The molecule has 3 nitrogen and oxygen atoms in total. The van der Waals surface area contributed by atoms with Gasteiger partial charge in [-0.2, -0.15) is 0 Å². The van der Waals surface area contributed by atoms with Gasteiger partial charge in [0, 0.05) is 0 Å². The number of ether oxygens (including phenoxy) is 1. The summed E-state index contributed by atoms with van der Waals surface area (Å²) in [4.78, 5) is 12.3. The van der Waals surface area contributed by atoms with Crippen LogP contribution in [0.5, 0.6) is 5.75 Å². The summed E-state index contributed by atoms with van der Waals surface area (Å²) in [6.45, 7) is 3.91. The highest BCUT2D eigenvalue weighted by Gasteiger charge is 2.17. The van der Waals surface area contributed by atoms with Crippen molar-refractivity contribution in [2.24, 2.45) is 0 Å². The fourth-order valence-electron chi connectivity index (χ4n) is 2.21. The molecule has 21 heavy (non-hydrogen) atoms. The largest absolute Gasteiger partial charge is 0.497 e.